The highest BCUT2D eigenvalue weighted by atomic mass is 16.5. The largest absolute Gasteiger partial charge is 0.380 e. The van der Waals surface area contributed by atoms with E-state index in [9.17, 15) is 5.26 Å². The van der Waals surface area contributed by atoms with Crippen LogP contribution in [0.4, 0.5) is 5.82 Å². The molecule has 2 rings (SSSR count). The summed E-state index contributed by atoms with van der Waals surface area (Å²) in [6.45, 7) is 2.23. The van der Waals surface area contributed by atoms with Crippen molar-refractivity contribution in [2.75, 3.05) is 12.5 Å². The molecule has 1 aromatic heterocycles. The van der Waals surface area contributed by atoms with Crippen molar-refractivity contribution < 1.29 is 4.74 Å². The van der Waals surface area contributed by atoms with Crippen molar-refractivity contribution in [1.82, 2.24) is 4.98 Å². The van der Waals surface area contributed by atoms with Gasteiger partial charge >= 0.3 is 0 Å². The number of methoxy groups -OCH3 is 1. The van der Waals surface area contributed by atoms with Gasteiger partial charge in [-0.15, -0.1) is 0 Å². The lowest BCUT2D eigenvalue weighted by molar-refractivity contribution is 0.184. The molecule has 0 radical (unpaired) electrons. The molecule has 0 aliphatic rings. The van der Waals surface area contributed by atoms with Crippen LogP contribution in [-0.4, -0.2) is 18.3 Å². The summed E-state index contributed by atoms with van der Waals surface area (Å²) in [7, 11) is 1.59. The molecule has 0 saturated carbocycles. The lowest BCUT2D eigenvalue weighted by Gasteiger charge is -2.08. The Kier molecular flexibility index (Phi) is 6.04. The first-order chi connectivity index (χ1) is 11.2. The molecule has 1 N–H and O–H groups in total. The minimum atomic E-state index is 0.360. The zero-order valence-corrected chi connectivity index (χ0v) is 13.2. The molecule has 23 heavy (non-hydrogen) atoms. The van der Waals surface area contributed by atoms with Crippen LogP contribution in [0, 0.1) is 18.3 Å². The fourth-order valence-electron chi connectivity index (χ4n) is 2.08. The third-order valence-electron chi connectivity index (χ3n) is 3.06. The Balaban J connectivity index is 2.09. The minimum Gasteiger partial charge on any atom is -0.380 e. The third kappa shape index (κ3) is 4.77. The Morgan fingerprint density at radius 2 is 2.13 bits per heavy atom. The van der Waals surface area contributed by atoms with Gasteiger partial charge in [0, 0.05) is 24.6 Å². The molecule has 0 atom stereocenters. The number of hydrogen-bond acceptors (Lipinski definition) is 5. The van der Waals surface area contributed by atoms with Gasteiger partial charge in [0.15, 0.2) is 5.82 Å². The number of nitriles is 1. The van der Waals surface area contributed by atoms with Crippen LogP contribution in [0.15, 0.2) is 47.6 Å². The quantitative estimate of drug-likeness (QED) is 0.655. The van der Waals surface area contributed by atoms with E-state index in [0.29, 0.717) is 18.0 Å². The summed E-state index contributed by atoms with van der Waals surface area (Å²) in [5.41, 5.74) is 5.95. The Morgan fingerprint density at radius 3 is 2.83 bits per heavy atom. The highest BCUT2D eigenvalue weighted by molar-refractivity contribution is 5.78. The van der Waals surface area contributed by atoms with E-state index in [1.54, 1.807) is 13.3 Å². The monoisotopic (exact) mass is 306 g/mol. The molecule has 2 aromatic rings. The summed E-state index contributed by atoms with van der Waals surface area (Å²) in [4.78, 5) is 4.32. The predicted molar refractivity (Wildman–Crippen MR) is 92.0 cm³/mol. The van der Waals surface area contributed by atoms with Crippen LogP contribution in [0.5, 0.6) is 0 Å². The van der Waals surface area contributed by atoms with Crippen LogP contribution in [-0.2, 0) is 11.3 Å². The zero-order valence-electron chi connectivity index (χ0n) is 13.2. The van der Waals surface area contributed by atoms with Crippen molar-refractivity contribution in [1.29, 1.82) is 5.26 Å². The Labute approximate surface area is 135 Å². The summed E-state index contributed by atoms with van der Waals surface area (Å²) in [5.74, 6) is 0.434. The molecule has 0 spiro atoms. The molecular formula is C18H18N4O. The second-order valence-corrected chi connectivity index (χ2v) is 4.85. The first-order valence-corrected chi connectivity index (χ1v) is 7.15. The lowest BCUT2D eigenvalue weighted by Crippen LogP contribution is -2.03. The molecule has 1 heterocycles. The molecule has 5 heteroatoms. The van der Waals surface area contributed by atoms with Crippen LogP contribution in [0.2, 0.25) is 0 Å². The van der Waals surface area contributed by atoms with Crippen LogP contribution in [0.1, 0.15) is 22.4 Å². The van der Waals surface area contributed by atoms with E-state index in [1.807, 2.05) is 55.5 Å². The second kappa shape index (κ2) is 8.47. The van der Waals surface area contributed by atoms with E-state index in [2.05, 4.69) is 21.6 Å². The van der Waals surface area contributed by atoms with Gasteiger partial charge in [0.25, 0.3) is 0 Å². The van der Waals surface area contributed by atoms with Gasteiger partial charge in [-0.2, -0.15) is 10.4 Å². The van der Waals surface area contributed by atoms with Crippen molar-refractivity contribution in [3.05, 3.63) is 64.9 Å². The lowest BCUT2D eigenvalue weighted by atomic mass is 10.1. The average molecular weight is 306 g/mol. The fraction of sp³-hybridized carbons (Fsp3) is 0.167. The van der Waals surface area contributed by atoms with Gasteiger partial charge in [-0.05, 0) is 24.6 Å². The van der Waals surface area contributed by atoms with Gasteiger partial charge in [-0.3, -0.25) is 5.43 Å². The summed E-state index contributed by atoms with van der Waals surface area (Å²) in [5, 5.41) is 13.4. The Bertz CT molecular complexity index is 746. The Hall–Kier alpha value is -2.97. The number of nitrogens with zero attached hydrogens (tertiary/aromatic N) is 3. The first kappa shape index (κ1) is 16.4. The summed E-state index contributed by atoms with van der Waals surface area (Å²) in [6.07, 6.45) is 5.38. The topological polar surface area (TPSA) is 70.3 Å². The van der Waals surface area contributed by atoms with Crippen molar-refractivity contribution >= 4 is 18.1 Å². The van der Waals surface area contributed by atoms with Gasteiger partial charge in [-0.1, -0.05) is 36.4 Å². The van der Waals surface area contributed by atoms with Crippen LogP contribution < -0.4 is 5.43 Å². The average Bonchev–Trinajstić information content (AvgIpc) is 2.55. The molecule has 0 fully saturated rings. The van der Waals surface area contributed by atoms with Crippen LogP contribution in [0.25, 0.3) is 6.08 Å². The number of benzene rings is 1. The number of hydrogen-bond donors (Lipinski definition) is 1. The number of hydrazone groups is 1. The van der Waals surface area contributed by atoms with Crippen molar-refractivity contribution in [2.24, 2.45) is 5.10 Å². The zero-order chi connectivity index (χ0) is 16.5. The molecule has 0 aliphatic heterocycles. The first-order valence-electron chi connectivity index (χ1n) is 7.15. The number of ether oxygens (including phenoxy) is 1. The van der Waals surface area contributed by atoms with Crippen molar-refractivity contribution in [2.45, 2.75) is 13.5 Å². The minimum absolute atomic E-state index is 0.360. The maximum absolute atomic E-state index is 9.32. The van der Waals surface area contributed by atoms with Crippen LogP contribution >= 0.6 is 0 Å². The molecule has 5 nitrogen and oxygen atoms in total. The second-order valence-electron chi connectivity index (χ2n) is 4.85. The number of anilines is 1. The van der Waals surface area contributed by atoms with E-state index in [4.69, 9.17) is 4.74 Å². The molecule has 116 valence electrons. The predicted octanol–water partition coefficient (Wildman–Crippen LogP) is 3.52. The highest BCUT2D eigenvalue weighted by Crippen LogP contribution is 2.19. The van der Waals surface area contributed by atoms with E-state index in [-0.39, 0.29) is 0 Å². The standard InChI is InChI=1S/C18H18N4O/c1-14-11-16(13-23-2)17(12-19)18(21-14)22-20-10-6-9-15-7-4-3-5-8-15/h3-11H,13H2,1-2H3,(H,21,22)/b9-6+,20-10-. The maximum Gasteiger partial charge on any atom is 0.164 e. The maximum atomic E-state index is 9.32. The summed E-state index contributed by atoms with van der Waals surface area (Å²) >= 11 is 0. The molecule has 0 amide bonds. The van der Waals surface area contributed by atoms with Gasteiger partial charge in [0.05, 0.1) is 6.61 Å². The van der Waals surface area contributed by atoms with Crippen LogP contribution in [0.3, 0.4) is 0 Å². The molecule has 1 aromatic carbocycles. The molecule has 0 aliphatic carbocycles. The number of nitrogens with one attached hydrogen (secondary N) is 1. The van der Waals surface area contributed by atoms with Gasteiger partial charge in [-0.25, -0.2) is 4.98 Å². The number of aryl methyl sites for hydroxylation is 1. The van der Waals surface area contributed by atoms with E-state index in [0.717, 1.165) is 16.8 Å². The Morgan fingerprint density at radius 1 is 1.35 bits per heavy atom. The van der Waals surface area contributed by atoms with Crippen molar-refractivity contribution in [3.8, 4) is 6.07 Å². The fourth-order valence-corrected chi connectivity index (χ4v) is 2.08. The molecular weight excluding hydrogens is 288 g/mol. The van der Waals surface area contributed by atoms with Gasteiger partial charge in [0.1, 0.15) is 11.6 Å². The third-order valence-corrected chi connectivity index (χ3v) is 3.06. The number of rotatable bonds is 6. The molecule has 0 bridgehead atoms. The number of allylic oxidation sites excluding steroid dienone is 1. The van der Waals surface area contributed by atoms with Gasteiger partial charge < -0.3 is 4.74 Å². The highest BCUT2D eigenvalue weighted by Gasteiger charge is 2.10. The van der Waals surface area contributed by atoms with Gasteiger partial charge in [0.2, 0.25) is 0 Å². The SMILES string of the molecule is COCc1cc(C)nc(N/N=C\C=C\c2ccccc2)c1C#N. The summed E-state index contributed by atoms with van der Waals surface area (Å²) < 4.78 is 5.12. The van der Waals surface area contributed by atoms with E-state index < -0.39 is 0 Å². The number of pyridine rings is 1. The smallest absolute Gasteiger partial charge is 0.164 e. The van der Waals surface area contributed by atoms with Crippen molar-refractivity contribution in [3.63, 3.8) is 0 Å². The van der Waals surface area contributed by atoms with E-state index in [1.165, 1.54) is 0 Å². The molecule has 0 unspecified atom stereocenters. The molecule has 0 saturated heterocycles. The summed E-state index contributed by atoms with van der Waals surface area (Å²) in [6, 6.07) is 13.9. The van der Waals surface area contributed by atoms with E-state index >= 15 is 0 Å². The number of aromatic nitrogens is 1. The normalized spacial score (nSPS) is 11.0.